The number of quaternary nitrogens is 1. The first-order chi connectivity index (χ1) is 14.1. The lowest BCUT2D eigenvalue weighted by molar-refractivity contribution is -0.898. The number of thioether (sulfide) groups is 1. The van der Waals surface area contributed by atoms with Crippen LogP contribution >= 0.6 is 11.8 Å². The number of nitrogens with two attached hydrogens (primary N) is 1. The van der Waals surface area contributed by atoms with Crippen molar-refractivity contribution in [1.29, 1.82) is 0 Å². The topological polar surface area (TPSA) is 153 Å². The highest BCUT2D eigenvalue weighted by atomic mass is 32.2. The molecule has 174 valence electrons. The number of rotatable bonds is 14. The number of carbonyl (C=O) groups excluding carboxylic acids is 2. The summed E-state index contributed by atoms with van der Waals surface area (Å²) in [5.41, 5.74) is 5.51. The number of amides is 3. The van der Waals surface area contributed by atoms with Gasteiger partial charge in [0, 0.05) is 36.8 Å². The molecule has 30 heavy (non-hydrogen) atoms. The van der Waals surface area contributed by atoms with Gasteiger partial charge in [-0.25, -0.2) is 13.2 Å². The quantitative estimate of drug-likeness (QED) is 0.117. The van der Waals surface area contributed by atoms with Crippen molar-refractivity contribution in [2.75, 3.05) is 44.9 Å². The average molecular weight is 466 g/mol. The van der Waals surface area contributed by atoms with Crippen LogP contribution in [0.3, 0.4) is 0 Å². The van der Waals surface area contributed by atoms with Gasteiger partial charge in [-0.15, -0.1) is 0 Å². The van der Waals surface area contributed by atoms with E-state index in [0.717, 1.165) is 25.0 Å². The molecule has 2 saturated heterocycles. The standard InChI is InChI=1S/C18H35N5O5S2/c1-23(10-4-8-19,13-30(26,27)28)11-5-9-20-16(24)7-3-2-6-15-17-14(12-29-15)21-18(25)22-17/h14-15,17H,2-13,19H2,1H3,(H3-,20,21,22,24,25,26,27,28). The van der Waals surface area contributed by atoms with E-state index in [-0.39, 0.29) is 28.5 Å². The van der Waals surface area contributed by atoms with Crippen LogP contribution in [-0.4, -0.2) is 91.6 Å². The van der Waals surface area contributed by atoms with E-state index in [2.05, 4.69) is 16.0 Å². The van der Waals surface area contributed by atoms with Crippen molar-refractivity contribution in [2.24, 2.45) is 5.73 Å². The van der Waals surface area contributed by atoms with Crippen molar-refractivity contribution in [3.05, 3.63) is 0 Å². The minimum atomic E-state index is -4.33. The molecule has 0 aromatic rings. The summed E-state index contributed by atoms with van der Waals surface area (Å²) < 4.78 is 33.6. The van der Waals surface area contributed by atoms with Crippen molar-refractivity contribution in [3.63, 3.8) is 0 Å². The van der Waals surface area contributed by atoms with E-state index < -0.39 is 16.0 Å². The predicted molar refractivity (Wildman–Crippen MR) is 116 cm³/mol. The van der Waals surface area contributed by atoms with Crippen LogP contribution in [-0.2, 0) is 14.9 Å². The molecule has 4 atom stereocenters. The highest BCUT2D eigenvalue weighted by Gasteiger charge is 2.42. The smallest absolute Gasteiger partial charge is 0.315 e. The maximum atomic E-state index is 12.0. The Bertz CT molecular complexity index is 692. The molecular weight excluding hydrogens is 430 g/mol. The molecule has 2 aliphatic rings. The molecule has 0 bridgehead atoms. The number of hydrogen-bond acceptors (Lipinski definition) is 7. The molecule has 4 unspecified atom stereocenters. The zero-order valence-electron chi connectivity index (χ0n) is 17.6. The van der Waals surface area contributed by atoms with Gasteiger partial charge in [-0.3, -0.25) is 4.79 Å². The van der Waals surface area contributed by atoms with Gasteiger partial charge in [-0.2, -0.15) is 11.8 Å². The Morgan fingerprint density at radius 2 is 2.00 bits per heavy atom. The fourth-order valence-corrected chi connectivity index (χ4v) is 6.71. The van der Waals surface area contributed by atoms with Gasteiger partial charge in [0.15, 0.2) is 5.88 Å². The molecule has 10 nitrogen and oxygen atoms in total. The number of urea groups is 1. The predicted octanol–water partition coefficient (Wildman–Crippen LogP) is -0.483. The lowest BCUT2D eigenvalue weighted by Crippen LogP contribution is -2.50. The third kappa shape index (κ3) is 8.58. The van der Waals surface area contributed by atoms with Crippen molar-refractivity contribution in [2.45, 2.75) is 55.9 Å². The van der Waals surface area contributed by atoms with E-state index in [9.17, 15) is 22.6 Å². The van der Waals surface area contributed by atoms with E-state index in [4.69, 9.17) is 5.73 Å². The van der Waals surface area contributed by atoms with E-state index in [0.29, 0.717) is 50.7 Å². The van der Waals surface area contributed by atoms with Gasteiger partial charge in [0.2, 0.25) is 5.91 Å². The van der Waals surface area contributed by atoms with Gasteiger partial charge in [-0.05, 0) is 19.4 Å². The normalized spacial score (nSPS) is 25.3. The molecule has 2 rings (SSSR count). The van der Waals surface area contributed by atoms with Gasteiger partial charge in [0.1, 0.15) is 10.1 Å². The fraction of sp³-hybridized carbons (Fsp3) is 0.889. The summed E-state index contributed by atoms with van der Waals surface area (Å²) >= 11 is 1.87. The molecule has 0 aromatic heterocycles. The second kappa shape index (κ2) is 11.5. The molecule has 0 saturated carbocycles. The lowest BCUT2D eigenvalue weighted by Gasteiger charge is -2.35. The van der Waals surface area contributed by atoms with Gasteiger partial charge in [0.05, 0.1) is 32.2 Å². The first-order valence-corrected chi connectivity index (χ1v) is 13.2. The van der Waals surface area contributed by atoms with E-state index in [1.807, 2.05) is 11.8 Å². The second-order valence-electron chi connectivity index (χ2n) is 8.47. The number of fused-ring (bicyclic) bond motifs is 1. The van der Waals surface area contributed by atoms with Crippen LogP contribution in [0, 0.1) is 0 Å². The fourth-order valence-electron chi connectivity index (χ4n) is 4.15. The molecular formula is C18H35N5O5S2. The van der Waals surface area contributed by atoms with Gasteiger partial charge < -0.3 is 30.7 Å². The van der Waals surface area contributed by atoms with Crippen LogP contribution in [0.15, 0.2) is 0 Å². The van der Waals surface area contributed by atoms with Crippen LogP contribution in [0.25, 0.3) is 0 Å². The second-order valence-corrected chi connectivity index (χ2v) is 11.1. The van der Waals surface area contributed by atoms with E-state index >= 15 is 0 Å². The average Bonchev–Trinajstić information content (AvgIpc) is 3.19. The first-order valence-electron chi connectivity index (χ1n) is 10.5. The zero-order valence-corrected chi connectivity index (χ0v) is 19.2. The molecule has 0 aliphatic carbocycles. The van der Waals surface area contributed by atoms with Gasteiger partial charge in [0.25, 0.3) is 0 Å². The summed E-state index contributed by atoms with van der Waals surface area (Å²) in [6, 6.07) is 0.336. The summed E-state index contributed by atoms with van der Waals surface area (Å²) in [6.45, 7) is 1.90. The Kier molecular flexibility index (Phi) is 9.67. The summed E-state index contributed by atoms with van der Waals surface area (Å²) in [7, 11) is -2.59. The van der Waals surface area contributed by atoms with Crippen molar-refractivity contribution in [1.82, 2.24) is 16.0 Å². The molecule has 0 radical (unpaired) electrons. The zero-order chi connectivity index (χ0) is 22.2. The number of hydrogen-bond donors (Lipinski definition) is 4. The summed E-state index contributed by atoms with van der Waals surface area (Å²) in [6.07, 6.45) is 4.38. The maximum Gasteiger partial charge on any atom is 0.315 e. The Labute approximate surface area is 183 Å². The van der Waals surface area contributed by atoms with Crippen LogP contribution in [0.1, 0.15) is 38.5 Å². The molecule has 2 fully saturated rings. The molecule has 12 heteroatoms. The number of carbonyl (C=O) groups is 2. The number of unbranched alkanes of at least 4 members (excludes halogenated alkanes) is 1. The van der Waals surface area contributed by atoms with Crippen molar-refractivity contribution < 1.29 is 27.0 Å². The van der Waals surface area contributed by atoms with Crippen LogP contribution < -0.4 is 21.7 Å². The summed E-state index contributed by atoms with van der Waals surface area (Å²) in [5.74, 6) is 0.457. The molecule has 3 amide bonds. The Balaban J connectivity index is 1.58. The molecule has 0 aromatic carbocycles. The maximum absolute atomic E-state index is 12.0. The minimum absolute atomic E-state index is 0.0182. The van der Waals surface area contributed by atoms with Crippen molar-refractivity contribution in [3.8, 4) is 0 Å². The van der Waals surface area contributed by atoms with Crippen LogP contribution in [0.5, 0.6) is 0 Å². The lowest BCUT2D eigenvalue weighted by atomic mass is 10.0. The van der Waals surface area contributed by atoms with Gasteiger partial charge >= 0.3 is 6.03 Å². The highest BCUT2D eigenvalue weighted by Crippen LogP contribution is 2.33. The first kappa shape index (κ1) is 25.2. The summed E-state index contributed by atoms with van der Waals surface area (Å²) in [5, 5.41) is 9.17. The molecule has 2 aliphatic heterocycles. The Morgan fingerprint density at radius 3 is 2.70 bits per heavy atom. The Hall–Kier alpha value is -1.08. The largest absolute Gasteiger partial charge is 0.744 e. The molecule has 0 spiro atoms. The highest BCUT2D eigenvalue weighted by molar-refractivity contribution is 8.00. The van der Waals surface area contributed by atoms with E-state index in [1.165, 1.54) is 0 Å². The van der Waals surface area contributed by atoms with Crippen LogP contribution in [0.2, 0.25) is 0 Å². The summed E-state index contributed by atoms with van der Waals surface area (Å²) in [4.78, 5) is 23.4. The van der Waals surface area contributed by atoms with Crippen LogP contribution in [0.4, 0.5) is 4.79 Å². The SMILES string of the molecule is C[N+](CCCN)(CCCNC(=O)CCCCC1SCC2NC(=O)NC21)CS(=O)(=O)[O-]. The monoisotopic (exact) mass is 465 g/mol. The minimum Gasteiger partial charge on any atom is -0.744 e. The Morgan fingerprint density at radius 1 is 1.27 bits per heavy atom. The van der Waals surface area contributed by atoms with Crippen molar-refractivity contribution >= 4 is 33.8 Å². The third-order valence-electron chi connectivity index (χ3n) is 5.65. The van der Waals surface area contributed by atoms with Gasteiger partial charge in [-0.1, -0.05) is 6.42 Å². The number of nitrogens with zero attached hydrogens (tertiary/aromatic N) is 1. The number of nitrogens with one attached hydrogen (secondary N) is 3. The third-order valence-corrected chi connectivity index (χ3v) is 8.10. The van der Waals surface area contributed by atoms with E-state index in [1.54, 1.807) is 7.05 Å². The molecule has 5 N–H and O–H groups in total. The molecule has 2 heterocycles.